The molecule has 0 bridgehead atoms. The van der Waals surface area contributed by atoms with Crippen LogP contribution in [0.1, 0.15) is 19.5 Å². The lowest BCUT2D eigenvalue weighted by Gasteiger charge is -2.36. The van der Waals surface area contributed by atoms with Gasteiger partial charge in [0, 0.05) is 44.8 Å². The highest BCUT2D eigenvalue weighted by Crippen LogP contribution is 2.11. The summed E-state index contributed by atoms with van der Waals surface area (Å²) in [6.45, 7) is 10.00. The van der Waals surface area contributed by atoms with Crippen LogP contribution in [0.5, 0.6) is 5.88 Å². The number of hydrogen-bond donors (Lipinski definition) is 0. The fourth-order valence-electron chi connectivity index (χ4n) is 2.33. The molecular formula is C14H23N3O. The molecule has 0 saturated carbocycles. The van der Waals surface area contributed by atoms with Gasteiger partial charge in [0.05, 0.1) is 12.8 Å². The zero-order valence-corrected chi connectivity index (χ0v) is 11.6. The Hall–Kier alpha value is -1.13. The second kappa shape index (κ2) is 6.16. The molecule has 2 rings (SSSR count). The van der Waals surface area contributed by atoms with Gasteiger partial charge in [0.2, 0.25) is 5.88 Å². The van der Waals surface area contributed by atoms with Gasteiger partial charge < -0.3 is 4.74 Å². The molecule has 4 heteroatoms. The smallest absolute Gasteiger partial charge is 0.213 e. The van der Waals surface area contributed by atoms with E-state index in [0.29, 0.717) is 11.9 Å². The standard InChI is InChI=1S/C14H23N3O/c1-12(2)17-9-7-16(8-10-17)11-13-5-4-6-14(15-13)18-3/h4-6,12H,7-11H2,1-3H3. The fraction of sp³-hybridized carbons (Fsp3) is 0.643. The zero-order valence-electron chi connectivity index (χ0n) is 11.6. The van der Waals surface area contributed by atoms with Crippen molar-refractivity contribution >= 4 is 0 Å². The summed E-state index contributed by atoms with van der Waals surface area (Å²) in [5.41, 5.74) is 1.09. The van der Waals surface area contributed by atoms with Crippen LogP contribution in [0.2, 0.25) is 0 Å². The predicted molar refractivity (Wildman–Crippen MR) is 72.8 cm³/mol. The van der Waals surface area contributed by atoms with Gasteiger partial charge in [-0.3, -0.25) is 9.80 Å². The van der Waals surface area contributed by atoms with Crippen LogP contribution in [0.25, 0.3) is 0 Å². The molecule has 1 aliphatic rings. The van der Waals surface area contributed by atoms with Gasteiger partial charge in [-0.25, -0.2) is 4.98 Å². The third-order valence-corrected chi connectivity index (χ3v) is 3.51. The van der Waals surface area contributed by atoms with Gasteiger partial charge in [-0.15, -0.1) is 0 Å². The quantitative estimate of drug-likeness (QED) is 0.810. The maximum atomic E-state index is 5.15. The summed E-state index contributed by atoms with van der Waals surface area (Å²) in [5, 5.41) is 0. The summed E-state index contributed by atoms with van der Waals surface area (Å²) in [6.07, 6.45) is 0. The molecule has 100 valence electrons. The largest absolute Gasteiger partial charge is 0.481 e. The lowest BCUT2D eigenvalue weighted by Crippen LogP contribution is -2.48. The second-order valence-corrected chi connectivity index (χ2v) is 5.08. The van der Waals surface area contributed by atoms with Gasteiger partial charge in [-0.1, -0.05) is 6.07 Å². The van der Waals surface area contributed by atoms with E-state index in [1.165, 1.54) is 0 Å². The first-order valence-electron chi connectivity index (χ1n) is 6.65. The van der Waals surface area contributed by atoms with Crippen LogP contribution in [-0.4, -0.2) is 54.1 Å². The van der Waals surface area contributed by atoms with Crippen molar-refractivity contribution in [2.75, 3.05) is 33.3 Å². The summed E-state index contributed by atoms with van der Waals surface area (Å²) in [5.74, 6) is 0.702. The first-order valence-corrected chi connectivity index (χ1v) is 6.65. The summed E-state index contributed by atoms with van der Waals surface area (Å²) in [4.78, 5) is 9.44. The number of pyridine rings is 1. The molecule has 0 spiro atoms. The Kier molecular flexibility index (Phi) is 4.55. The van der Waals surface area contributed by atoms with E-state index in [2.05, 4.69) is 34.7 Å². The van der Waals surface area contributed by atoms with Crippen molar-refractivity contribution in [3.8, 4) is 5.88 Å². The Bertz CT molecular complexity index is 373. The Morgan fingerprint density at radius 1 is 1.22 bits per heavy atom. The minimum atomic E-state index is 0.655. The van der Waals surface area contributed by atoms with Crippen molar-refractivity contribution in [3.05, 3.63) is 23.9 Å². The number of nitrogens with zero attached hydrogens (tertiary/aromatic N) is 3. The molecule has 0 N–H and O–H groups in total. The topological polar surface area (TPSA) is 28.6 Å². The number of rotatable bonds is 4. The maximum absolute atomic E-state index is 5.15. The van der Waals surface area contributed by atoms with Gasteiger partial charge in [-0.2, -0.15) is 0 Å². The zero-order chi connectivity index (χ0) is 13.0. The Morgan fingerprint density at radius 2 is 1.94 bits per heavy atom. The van der Waals surface area contributed by atoms with E-state index in [-0.39, 0.29) is 0 Å². The molecule has 1 aromatic rings. The van der Waals surface area contributed by atoms with Crippen molar-refractivity contribution in [3.63, 3.8) is 0 Å². The van der Waals surface area contributed by atoms with Crippen LogP contribution in [0.3, 0.4) is 0 Å². The van der Waals surface area contributed by atoms with Crippen LogP contribution in [0.4, 0.5) is 0 Å². The Balaban J connectivity index is 1.87. The van der Waals surface area contributed by atoms with E-state index in [1.54, 1.807) is 7.11 Å². The van der Waals surface area contributed by atoms with E-state index in [4.69, 9.17) is 4.74 Å². The molecule has 0 atom stereocenters. The molecule has 0 unspecified atom stereocenters. The molecule has 1 aliphatic heterocycles. The van der Waals surface area contributed by atoms with Crippen LogP contribution in [-0.2, 0) is 6.54 Å². The van der Waals surface area contributed by atoms with E-state index in [0.717, 1.165) is 38.4 Å². The molecule has 0 radical (unpaired) electrons. The molecule has 0 aromatic carbocycles. The molecule has 1 saturated heterocycles. The van der Waals surface area contributed by atoms with E-state index >= 15 is 0 Å². The molecular weight excluding hydrogens is 226 g/mol. The first-order chi connectivity index (χ1) is 8.69. The number of hydrogen-bond acceptors (Lipinski definition) is 4. The van der Waals surface area contributed by atoms with Gasteiger partial charge in [0.25, 0.3) is 0 Å². The fourth-order valence-corrected chi connectivity index (χ4v) is 2.33. The van der Waals surface area contributed by atoms with Gasteiger partial charge in [-0.05, 0) is 19.9 Å². The summed E-state index contributed by atoms with van der Waals surface area (Å²) in [7, 11) is 1.66. The SMILES string of the molecule is COc1cccc(CN2CCN(C(C)C)CC2)n1. The van der Waals surface area contributed by atoms with Crippen LogP contribution >= 0.6 is 0 Å². The van der Waals surface area contributed by atoms with Gasteiger partial charge in [0.15, 0.2) is 0 Å². The highest BCUT2D eigenvalue weighted by molar-refractivity contribution is 5.15. The molecule has 1 aromatic heterocycles. The third-order valence-electron chi connectivity index (χ3n) is 3.51. The number of methoxy groups -OCH3 is 1. The first kappa shape index (κ1) is 13.3. The lowest BCUT2D eigenvalue weighted by atomic mass is 10.2. The van der Waals surface area contributed by atoms with Crippen molar-refractivity contribution in [2.45, 2.75) is 26.4 Å². The Morgan fingerprint density at radius 3 is 2.56 bits per heavy atom. The monoisotopic (exact) mass is 249 g/mol. The van der Waals surface area contributed by atoms with Crippen molar-refractivity contribution < 1.29 is 4.74 Å². The summed E-state index contributed by atoms with van der Waals surface area (Å²) in [6, 6.07) is 6.62. The molecule has 4 nitrogen and oxygen atoms in total. The van der Waals surface area contributed by atoms with Gasteiger partial charge >= 0.3 is 0 Å². The minimum absolute atomic E-state index is 0.655. The summed E-state index contributed by atoms with van der Waals surface area (Å²) < 4.78 is 5.15. The molecule has 0 aliphatic carbocycles. The van der Waals surface area contributed by atoms with Crippen LogP contribution in [0, 0.1) is 0 Å². The summed E-state index contributed by atoms with van der Waals surface area (Å²) >= 11 is 0. The number of piperazine rings is 1. The predicted octanol–water partition coefficient (Wildman–Crippen LogP) is 1.62. The number of aromatic nitrogens is 1. The van der Waals surface area contributed by atoms with Gasteiger partial charge in [0.1, 0.15) is 0 Å². The second-order valence-electron chi connectivity index (χ2n) is 5.08. The van der Waals surface area contributed by atoms with Crippen molar-refractivity contribution in [2.24, 2.45) is 0 Å². The Labute approximate surface area is 110 Å². The van der Waals surface area contributed by atoms with Crippen molar-refractivity contribution in [1.82, 2.24) is 14.8 Å². The molecule has 0 amide bonds. The van der Waals surface area contributed by atoms with Crippen molar-refractivity contribution in [1.29, 1.82) is 0 Å². The average Bonchev–Trinajstić information content (AvgIpc) is 2.39. The minimum Gasteiger partial charge on any atom is -0.481 e. The maximum Gasteiger partial charge on any atom is 0.213 e. The van der Waals surface area contributed by atoms with Crippen LogP contribution in [0.15, 0.2) is 18.2 Å². The van der Waals surface area contributed by atoms with E-state index in [1.807, 2.05) is 12.1 Å². The molecule has 2 heterocycles. The molecule has 18 heavy (non-hydrogen) atoms. The lowest BCUT2D eigenvalue weighted by molar-refractivity contribution is 0.103. The average molecular weight is 249 g/mol. The number of ether oxygens (including phenoxy) is 1. The van der Waals surface area contributed by atoms with Crippen LogP contribution < -0.4 is 4.74 Å². The van der Waals surface area contributed by atoms with E-state index in [9.17, 15) is 0 Å². The third kappa shape index (κ3) is 3.43. The highest BCUT2D eigenvalue weighted by atomic mass is 16.5. The normalized spacial score (nSPS) is 18.2. The highest BCUT2D eigenvalue weighted by Gasteiger charge is 2.18. The van der Waals surface area contributed by atoms with E-state index < -0.39 is 0 Å². The molecule has 1 fully saturated rings.